The first kappa shape index (κ1) is 20.1. The molecule has 10 heteroatoms. The molecule has 3 aliphatic rings. The Morgan fingerprint density at radius 1 is 1.39 bits per heavy atom. The van der Waals surface area contributed by atoms with Gasteiger partial charge in [-0.05, 0) is 49.9 Å². The highest BCUT2D eigenvalue weighted by atomic mass is 32.2. The summed E-state index contributed by atoms with van der Waals surface area (Å²) in [5, 5.41) is 26.1. The number of guanidine groups is 1. The number of terminal acetylenes is 1. The third kappa shape index (κ3) is 3.21. The van der Waals surface area contributed by atoms with E-state index in [2.05, 4.69) is 27.7 Å². The standard InChI is InChI=1S/C21H22N6O3S/c1-4-14-11-22-19-26(14)17-6-5-15(31-24-20(2)7-8-20)9-16(17)18(28)27(19)21(29,30)13-10-23-25(3)12-13/h1,5-6,9-10,12,14,24,29-30H,7-8,11H2,2-3H3. The van der Waals surface area contributed by atoms with Crippen LogP contribution < -0.4 is 9.62 Å². The molecule has 0 radical (unpaired) electrons. The zero-order valence-corrected chi connectivity index (χ0v) is 17.9. The van der Waals surface area contributed by atoms with Crippen LogP contribution in [-0.4, -0.2) is 54.9 Å². The number of carbonyl (C=O) groups is 1. The molecule has 1 amide bonds. The van der Waals surface area contributed by atoms with Crippen molar-refractivity contribution in [1.82, 2.24) is 19.4 Å². The first-order valence-corrected chi connectivity index (χ1v) is 10.7. The largest absolute Gasteiger partial charge is 0.344 e. The molecule has 1 unspecified atom stereocenters. The van der Waals surface area contributed by atoms with Crippen LogP contribution in [0.3, 0.4) is 0 Å². The fraction of sp³-hybridized carbons (Fsp3) is 0.381. The van der Waals surface area contributed by atoms with Crippen molar-refractivity contribution >= 4 is 29.5 Å². The van der Waals surface area contributed by atoms with Gasteiger partial charge in [0.15, 0.2) is 0 Å². The number of carbonyl (C=O) groups excluding carboxylic acids is 1. The molecule has 1 aliphatic carbocycles. The molecule has 2 aromatic rings. The van der Waals surface area contributed by atoms with Crippen molar-refractivity contribution in [3.8, 4) is 12.3 Å². The van der Waals surface area contributed by atoms with E-state index in [0.717, 1.165) is 22.6 Å². The number of aromatic nitrogens is 2. The lowest BCUT2D eigenvalue weighted by Gasteiger charge is -2.42. The van der Waals surface area contributed by atoms with Gasteiger partial charge < -0.3 is 10.2 Å². The fourth-order valence-corrected chi connectivity index (χ4v) is 4.58. The molecule has 1 atom stereocenters. The first-order chi connectivity index (χ1) is 14.7. The van der Waals surface area contributed by atoms with E-state index in [9.17, 15) is 15.0 Å². The topological polar surface area (TPSA) is 106 Å². The van der Waals surface area contributed by atoms with Crippen LogP contribution in [0.2, 0.25) is 0 Å². The third-order valence-corrected chi connectivity index (χ3v) is 6.89. The number of rotatable bonds is 5. The van der Waals surface area contributed by atoms with Gasteiger partial charge in [-0.2, -0.15) is 5.10 Å². The van der Waals surface area contributed by atoms with Crippen LogP contribution in [-0.2, 0) is 13.0 Å². The minimum atomic E-state index is -2.65. The van der Waals surface area contributed by atoms with E-state index >= 15 is 0 Å². The molecule has 0 saturated heterocycles. The number of amides is 1. The monoisotopic (exact) mass is 438 g/mol. The predicted molar refractivity (Wildman–Crippen MR) is 116 cm³/mol. The van der Waals surface area contributed by atoms with Crippen LogP contribution >= 0.6 is 11.9 Å². The van der Waals surface area contributed by atoms with Gasteiger partial charge >= 0.3 is 0 Å². The Kier molecular flexibility index (Phi) is 4.43. The zero-order chi connectivity index (χ0) is 22.0. The molecule has 1 fully saturated rings. The van der Waals surface area contributed by atoms with Crippen molar-refractivity contribution in [2.75, 3.05) is 11.4 Å². The van der Waals surface area contributed by atoms with Gasteiger partial charge in [0, 0.05) is 23.7 Å². The van der Waals surface area contributed by atoms with E-state index in [1.807, 2.05) is 12.1 Å². The fourth-order valence-electron chi connectivity index (χ4n) is 3.69. The smallest absolute Gasteiger partial charge is 0.287 e. The van der Waals surface area contributed by atoms with Gasteiger partial charge in [0.2, 0.25) is 5.96 Å². The number of anilines is 1. The Hall–Kier alpha value is -2.84. The summed E-state index contributed by atoms with van der Waals surface area (Å²) in [6.07, 6.45) is 10.7. The number of hydrogen-bond donors (Lipinski definition) is 3. The molecule has 1 aromatic heterocycles. The highest BCUT2D eigenvalue weighted by Gasteiger charge is 2.51. The van der Waals surface area contributed by atoms with Crippen molar-refractivity contribution in [3.63, 3.8) is 0 Å². The molecule has 0 spiro atoms. The van der Waals surface area contributed by atoms with E-state index in [1.165, 1.54) is 29.0 Å². The van der Waals surface area contributed by atoms with Crippen molar-refractivity contribution in [2.24, 2.45) is 12.0 Å². The second kappa shape index (κ2) is 6.83. The number of aryl methyl sites for hydroxylation is 1. The van der Waals surface area contributed by atoms with Gasteiger partial charge in [-0.1, -0.05) is 5.92 Å². The van der Waals surface area contributed by atoms with Crippen molar-refractivity contribution in [1.29, 1.82) is 0 Å². The van der Waals surface area contributed by atoms with Gasteiger partial charge in [0.1, 0.15) is 6.04 Å². The van der Waals surface area contributed by atoms with Gasteiger partial charge in [-0.25, -0.2) is 9.89 Å². The highest BCUT2D eigenvalue weighted by molar-refractivity contribution is 7.97. The second-order valence-electron chi connectivity index (χ2n) is 8.32. The summed E-state index contributed by atoms with van der Waals surface area (Å²) in [5.41, 5.74) is 1.09. The van der Waals surface area contributed by atoms with E-state index in [0.29, 0.717) is 11.3 Å². The van der Waals surface area contributed by atoms with E-state index in [-0.39, 0.29) is 23.6 Å². The lowest BCUT2D eigenvalue weighted by atomic mass is 10.0. The summed E-state index contributed by atoms with van der Waals surface area (Å²) in [7, 11) is 1.65. The molecule has 3 heterocycles. The molecule has 0 bridgehead atoms. The summed E-state index contributed by atoms with van der Waals surface area (Å²) in [5.74, 6) is -0.431. The van der Waals surface area contributed by atoms with E-state index < -0.39 is 17.9 Å². The molecule has 1 aromatic carbocycles. The molecule has 9 nitrogen and oxygen atoms in total. The SMILES string of the molecule is C#CC1CN=C2N1c1ccc(SNC3(C)CC3)cc1C(=O)N2C(O)(O)c1cnn(C)c1. The summed E-state index contributed by atoms with van der Waals surface area (Å²) in [4.78, 5) is 21.4. The van der Waals surface area contributed by atoms with E-state index in [4.69, 9.17) is 6.42 Å². The molecule has 5 rings (SSSR count). The lowest BCUT2D eigenvalue weighted by Crippen LogP contribution is -2.60. The molecule has 3 N–H and O–H groups in total. The third-order valence-electron chi connectivity index (χ3n) is 5.81. The Balaban J connectivity index is 1.58. The number of nitrogens with one attached hydrogen (secondary N) is 1. The van der Waals surface area contributed by atoms with Gasteiger partial charge in [-0.15, -0.1) is 6.42 Å². The van der Waals surface area contributed by atoms with E-state index in [1.54, 1.807) is 18.0 Å². The Morgan fingerprint density at radius 2 is 2.16 bits per heavy atom. The maximum Gasteiger partial charge on any atom is 0.287 e. The number of hydrogen-bond acceptors (Lipinski definition) is 8. The number of nitrogens with zero attached hydrogens (tertiary/aromatic N) is 5. The molecule has 1 saturated carbocycles. The lowest BCUT2D eigenvalue weighted by molar-refractivity contribution is -0.234. The number of aliphatic hydroxyl groups is 2. The normalized spacial score (nSPS) is 21.5. The van der Waals surface area contributed by atoms with Crippen molar-refractivity contribution in [3.05, 3.63) is 41.7 Å². The molecule has 2 aliphatic heterocycles. The van der Waals surface area contributed by atoms with Gasteiger partial charge in [0.25, 0.3) is 11.8 Å². The average Bonchev–Trinajstić information content (AvgIpc) is 3.12. The summed E-state index contributed by atoms with van der Waals surface area (Å²) < 4.78 is 4.85. The van der Waals surface area contributed by atoms with Crippen LogP contribution in [0.25, 0.3) is 0 Å². The Bertz CT molecular complexity index is 1150. The molecule has 31 heavy (non-hydrogen) atoms. The molecule has 160 valence electrons. The number of fused-ring (bicyclic) bond motifs is 3. The second-order valence-corrected chi connectivity index (χ2v) is 9.20. The summed E-state index contributed by atoms with van der Waals surface area (Å²) in [6.45, 7) is 2.39. The quantitative estimate of drug-likeness (QED) is 0.363. The minimum Gasteiger partial charge on any atom is -0.344 e. The Labute approximate surface area is 183 Å². The van der Waals surface area contributed by atoms with Crippen LogP contribution in [0.5, 0.6) is 0 Å². The Morgan fingerprint density at radius 3 is 2.81 bits per heavy atom. The predicted octanol–water partition coefficient (Wildman–Crippen LogP) is 0.998. The number of aliphatic imine (C=N–C) groups is 1. The van der Waals surface area contributed by atoms with Crippen LogP contribution in [0.15, 0.2) is 40.5 Å². The zero-order valence-electron chi connectivity index (χ0n) is 17.1. The first-order valence-electron chi connectivity index (χ1n) is 9.90. The molecular formula is C21H22N6O3S. The minimum absolute atomic E-state index is 0.0486. The van der Waals surface area contributed by atoms with Crippen LogP contribution in [0.4, 0.5) is 5.69 Å². The van der Waals surface area contributed by atoms with Crippen molar-refractivity contribution in [2.45, 2.75) is 42.2 Å². The number of benzene rings is 1. The average molecular weight is 439 g/mol. The highest BCUT2D eigenvalue weighted by Crippen LogP contribution is 2.41. The van der Waals surface area contributed by atoms with Crippen LogP contribution in [0.1, 0.15) is 35.7 Å². The van der Waals surface area contributed by atoms with Gasteiger partial charge in [-0.3, -0.25) is 19.1 Å². The summed E-state index contributed by atoms with van der Waals surface area (Å²) >= 11 is 1.46. The van der Waals surface area contributed by atoms with Gasteiger partial charge in [0.05, 0.1) is 29.6 Å². The maximum absolute atomic E-state index is 13.5. The molecular weight excluding hydrogens is 416 g/mol. The van der Waals surface area contributed by atoms with Crippen molar-refractivity contribution < 1.29 is 15.0 Å². The summed E-state index contributed by atoms with van der Waals surface area (Å²) in [6, 6.07) is 5.06. The maximum atomic E-state index is 13.5. The van der Waals surface area contributed by atoms with Crippen LogP contribution in [0, 0.1) is 12.3 Å².